The number of imide groups is 1. The molecule has 0 aliphatic carbocycles. The lowest BCUT2D eigenvalue weighted by molar-refractivity contribution is -0.146. The molecular weight excluding hydrogens is 451 g/mol. The van der Waals surface area contributed by atoms with Crippen molar-refractivity contribution in [3.05, 3.63) is 67.3 Å². The van der Waals surface area contributed by atoms with Crippen molar-refractivity contribution in [3.63, 3.8) is 0 Å². The number of fused-ring (bicyclic) bond motifs is 1. The SMILES string of the molecule is C=CCNC(=O)N(O)C(=O)C=CCCCCCOc1cccc2ccccc12.O=P(O)(O)O. The molecule has 0 heterocycles. The van der Waals surface area contributed by atoms with E-state index in [0.29, 0.717) is 13.0 Å². The third kappa shape index (κ3) is 12.6. The molecule has 2 aromatic rings. The van der Waals surface area contributed by atoms with Gasteiger partial charge in [-0.15, -0.1) is 11.6 Å². The van der Waals surface area contributed by atoms with Gasteiger partial charge < -0.3 is 24.7 Å². The number of allylic oxidation sites excluding steroid dienone is 1. The summed E-state index contributed by atoms with van der Waals surface area (Å²) >= 11 is 0. The Labute approximate surface area is 192 Å². The van der Waals surface area contributed by atoms with Crippen LogP contribution >= 0.6 is 7.82 Å². The maximum absolute atomic E-state index is 11.6. The third-order valence-electron chi connectivity index (χ3n) is 4.08. The number of nitrogens with one attached hydrogen (secondary N) is 1. The van der Waals surface area contributed by atoms with Gasteiger partial charge in [-0.3, -0.25) is 10.0 Å². The van der Waals surface area contributed by atoms with Gasteiger partial charge in [0.25, 0.3) is 5.91 Å². The maximum atomic E-state index is 11.6. The topological polar surface area (TPSA) is 157 Å². The van der Waals surface area contributed by atoms with Crippen LogP contribution in [0.25, 0.3) is 10.8 Å². The highest BCUT2D eigenvalue weighted by Gasteiger charge is 2.15. The minimum absolute atomic E-state index is 0.0536. The molecule has 11 heteroatoms. The van der Waals surface area contributed by atoms with E-state index in [9.17, 15) is 14.8 Å². The van der Waals surface area contributed by atoms with E-state index >= 15 is 0 Å². The summed E-state index contributed by atoms with van der Waals surface area (Å²) < 4.78 is 14.8. The van der Waals surface area contributed by atoms with Crippen molar-refractivity contribution in [2.24, 2.45) is 0 Å². The number of rotatable bonds is 10. The number of urea groups is 1. The lowest BCUT2D eigenvalue weighted by Crippen LogP contribution is -2.40. The molecule has 0 fully saturated rings. The van der Waals surface area contributed by atoms with Crippen LogP contribution in [0.4, 0.5) is 4.79 Å². The molecule has 0 saturated heterocycles. The molecule has 2 rings (SSSR count). The molecule has 10 nitrogen and oxygen atoms in total. The van der Waals surface area contributed by atoms with E-state index < -0.39 is 19.8 Å². The van der Waals surface area contributed by atoms with E-state index in [-0.39, 0.29) is 11.6 Å². The minimum atomic E-state index is -4.64. The number of carbonyl (C=O) groups excluding carboxylic acids is 2. The Morgan fingerprint density at radius 3 is 2.42 bits per heavy atom. The maximum Gasteiger partial charge on any atom is 0.466 e. The van der Waals surface area contributed by atoms with E-state index in [2.05, 4.69) is 30.1 Å². The summed E-state index contributed by atoms with van der Waals surface area (Å²) in [6.07, 6.45) is 7.72. The lowest BCUT2D eigenvalue weighted by atomic mass is 10.1. The molecule has 0 saturated carbocycles. The molecule has 3 amide bonds. The first kappa shape index (κ1) is 28.0. The van der Waals surface area contributed by atoms with E-state index in [0.717, 1.165) is 35.8 Å². The molecule has 0 aliphatic rings. The molecule has 0 unspecified atom stereocenters. The van der Waals surface area contributed by atoms with Crippen LogP contribution in [0.1, 0.15) is 25.7 Å². The molecule has 0 bridgehead atoms. The van der Waals surface area contributed by atoms with Gasteiger partial charge in [0.2, 0.25) is 0 Å². The summed E-state index contributed by atoms with van der Waals surface area (Å²) in [6.45, 7) is 4.24. The molecule has 0 spiro atoms. The van der Waals surface area contributed by atoms with Crippen molar-refractivity contribution in [1.82, 2.24) is 10.4 Å². The fraction of sp³-hybridized carbons (Fsp3) is 0.273. The Hall–Kier alpha value is -3.01. The number of benzene rings is 2. The predicted octanol–water partition coefficient (Wildman–Crippen LogP) is 3.52. The number of hydrogen-bond donors (Lipinski definition) is 5. The van der Waals surface area contributed by atoms with Gasteiger partial charge in [0.15, 0.2) is 0 Å². The van der Waals surface area contributed by atoms with Gasteiger partial charge in [0.05, 0.1) is 6.61 Å². The molecule has 0 atom stereocenters. The van der Waals surface area contributed by atoms with Gasteiger partial charge in [-0.25, -0.2) is 9.36 Å². The highest BCUT2D eigenvalue weighted by molar-refractivity contribution is 7.45. The average Bonchev–Trinajstić information content (AvgIpc) is 2.77. The van der Waals surface area contributed by atoms with Crippen LogP contribution < -0.4 is 10.1 Å². The second kappa shape index (κ2) is 14.9. The van der Waals surface area contributed by atoms with Crippen molar-refractivity contribution < 1.29 is 38.8 Å². The lowest BCUT2D eigenvalue weighted by Gasteiger charge is -2.10. The number of ether oxygens (including phenoxy) is 1. The van der Waals surface area contributed by atoms with Gasteiger partial charge in [-0.2, -0.15) is 0 Å². The number of hydrogen-bond acceptors (Lipinski definition) is 5. The molecule has 33 heavy (non-hydrogen) atoms. The Kier molecular flexibility index (Phi) is 12.7. The van der Waals surface area contributed by atoms with Crippen LogP contribution in [0, 0.1) is 0 Å². The smallest absolute Gasteiger partial charge is 0.466 e. The second-order valence-electron chi connectivity index (χ2n) is 6.72. The van der Waals surface area contributed by atoms with Crippen molar-refractivity contribution in [3.8, 4) is 5.75 Å². The zero-order chi connectivity index (χ0) is 24.7. The van der Waals surface area contributed by atoms with Crippen LogP contribution in [0.5, 0.6) is 5.75 Å². The average molecular weight is 480 g/mol. The summed E-state index contributed by atoms with van der Waals surface area (Å²) in [7, 11) is -4.64. The van der Waals surface area contributed by atoms with Gasteiger partial charge >= 0.3 is 13.9 Å². The van der Waals surface area contributed by atoms with Crippen LogP contribution in [-0.4, -0.2) is 50.0 Å². The first-order valence-electron chi connectivity index (χ1n) is 10.1. The fourth-order valence-corrected chi connectivity index (χ4v) is 2.63. The zero-order valence-electron chi connectivity index (χ0n) is 18.0. The van der Waals surface area contributed by atoms with Crippen LogP contribution in [0.2, 0.25) is 0 Å². The van der Waals surface area contributed by atoms with Gasteiger partial charge in [0.1, 0.15) is 5.75 Å². The number of phosphoric acid groups is 1. The Morgan fingerprint density at radius 2 is 1.73 bits per heavy atom. The normalized spacial score (nSPS) is 10.9. The standard InChI is InChI=1S/C22H26N2O4.H3O4P/c1-2-16-23-22(26)24(27)21(25)15-6-4-3-5-9-17-28-20-14-10-12-18-11-7-8-13-19(18)20;1-5(2,3)4/h2,6-8,10-15,27H,1,3-5,9,16-17H2,(H,23,26);(H3,1,2,3,4). The van der Waals surface area contributed by atoms with E-state index in [4.69, 9.17) is 24.0 Å². The molecule has 180 valence electrons. The second-order valence-corrected chi connectivity index (χ2v) is 7.74. The van der Waals surface area contributed by atoms with Crippen LogP contribution in [0.15, 0.2) is 67.3 Å². The van der Waals surface area contributed by atoms with Crippen molar-refractivity contribution in [2.75, 3.05) is 13.2 Å². The van der Waals surface area contributed by atoms with E-state index in [1.807, 2.05) is 24.3 Å². The van der Waals surface area contributed by atoms with Crippen LogP contribution in [-0.2, 0) is 9.36 Å². The summed E-state index contributed by atoms with van der Waals surface area (Å²) in [5.41, 5.74) is 0. The first-order chi connectivity index (χ1) is 15.6. The zero-order valence-corrected chi connectivity index (χ0v) is 18.9. The summed E-state index contributed by atoms with van der Waals surface area (Å²) in [5, 5.41) is 14.1. The summed E-state index contributed by atoms with van der Waals surface area (Å²) in [4.78, 5) is 44.6. The van der Waals surface area contributed by atoms with Crippen molar-refractivity contribution in [1.29, 1.82) is 0 Å². The minimum Gasteiger partial charge on any atom is -0.493 e. The first-order valence-corrected chi connectivity index (χ1v) is 11.7. The Balaban J connectivity index is 0.000000981. The molecule has 0 radical (unpaired) electrons. The van der Waals surface area contributed by atoms with E-state index in [1.165, 1.54) is 12.2 Å². The number of carbonyl (C=O) groups is 2. The van der Waals surface area contributed by atoms with Gasteiger partial charge in [-0.05, 0) is 37.1 Å². The molecule has 2 aromatic carbocycles. The monoisotopic (exact) mass is 480 g/mol. The Morgan fingerprint density at radius 1 is 1.06 bits per heavy atom. The molecular formula is C22H29N2O8P. The van der Waals surface area contributed by atoms with E-state index in [1.54, 1.807) is 6.08 Å². The van der Waals surface area contributed by atoms with Gasteiger partial charge in [-0.1, -0.05) is 48.6 Å². The van der Waals surface area contributed by atoms with Crippen LogP contribution in [0.3, 0.4) is 0 Å². The fourth-order valence-electron chi connectivity index (χ4n) is 2.63. The number of unbranched alkanes of at least 4 members (excludes halogenated alkanes) is 3. The highest BCUT2D eigenvalue weighted by Crippen LogP contribution is 2.26. The summed E-state index contributed by atoms with van der Waals surface area (Å²) in [6, 6.07) is 13.3. The Bertz CT molecular complexity index is 976. The predicted molar refractivity (Wildman–Crippen MR) is 124 cm³/mol. The summed E-state index contributed by atoms with van der Waals surface area (Å²) in [5.74, 6) is 0.113. The number of hydroxylamine groups is 2. The largest absolute Gasteiger partial charge is 0.493 e. The molecule has 0 aliphatic heterocycles. The number of amides is 3. The quantitative estimate of drug-likeness (QED) is 0.0863. The number of nitrogens with zero attached hydrogens (tertiary/aromatic N) is 1. The van der Waals surface area contributed by atoms with Crippen molar-refractivity contribution in [2.45, 2.75) is 25.7 Å². The molecule has 0 aromatic heterocycles. The highest BCUT2D eigenvalue weighted by atomic mass is 31.2. The third-order valence-corrected chi connectivity index (χ3v) is 4.08. The van der Waals surface area contributed by atoms with Gasteiger partial charge in [0, 0.05) is 18.0 Å². The molecule has 5 N–H and O–H groups in total. The van der Waals surface area contributed by atoms with Crippen molar-refractivity contribution >= 4 is 30.5 Å².